The highest BCUT2D eigenvalue weighted by molar-refractivity contribution is 5.99. The Balaban J connectivity index is 1.21. The summed E-state index contributed by atoms with van der Waals surface area (Å²) in [6.45, 7) is 0. The zero-order valence-electron chi connectivity index (χ0n) is 30.5. The summed E-state index contributed by atoms with van der Waals surface area (Å²) in [5.41, 5.74) is 17.6. The van der Waals surface area contributed by atoms with Crippen LogP contribution in [0.2, 0.25) is 0 Å². The van der Waals surface area contributed by atoms with E-state index in [0.717, 1.165) is 22.6 Å². The fourth-order valence-electron chi connectivity index (χ4n) is 7.69. The Morgan fingerprint density at radius 2 is 0.545 bits per heavy atom. The average molecular weight is 702 g/mol. The molecule has 0 aromatic heterocycles. The highest BCUT2D eigenvalue weighted by atomic mass is 15.1. The third kappa shape index (κ3) is 6.88. The van der Waals surface area contributed by atoms with Crippen molar-refractivity contribution in [1.82, 2.24) is 0 Å². The van der Waals surface area contributed by atoms with Crippen LogP contribution in [0.15, 0.2) is 237 Å². The van der Waals surface area contributed by atoms with Gasteiger partial charge < -0.3 is 4.90 Å². The van der Waals surface area contributed by atoms with Crippen molar-refractivity contribution in [3.63, 3.8) is 0 Å². The minimum atomic E-state index is 1.08. The van der Waals surface area contributed by atoms with Crippen LogP contribution in [0.1, 0.15) is 0 Å². The molecule has 1 nitrogen and oxygen atoms in total. The lowest BCUT2D eigenvalue weighted by atomic mass is 9.88. The van der Waals surface area contributed by atoms with Gasteiger partial charge in [-0.15, -0.1) is 0 Å². The summed E-state index contributed by atoms with van der Waals surface area (Å²) in [7, 11) is 0. The molecule has 0 fully saturated rings. The molecule has 0 saturated carbocycles. The number of nitrogens with zero attached hydrogens (tertiary/aromatic N) is 1. The van der Waals surface area contributed by atoms with E-state index in [1.165, 1.54) is 61.2 Å². The summed E-state index contributed by atoms with van der Waals surface area (Å²) in [4.78, 5) is 2.43. The molecule has 0 aliphatic heterocycles. The topological polar surface area (TPSA) is 3.24 Å². The molecular formula is C54H39N. The largest absolute Gasteiger partial charge is 0.309 e. The highest BCUT2D eigenvalue weighted by Crippen LogP contribution is 2.47. The van der Waals surface area contributed by atoms with Crippen molar-refractivity contribution in [2.75, 3.05) is 4.90 Å². The molecule has 1 heteroatoms. The number of hydrogen-bond acceptors (Lipinski definition) is 1. The molecule has 9 aromatic rings. The maximum Gasteiger partial charge on any atom is 0.0540 e. The molecule has 0 atom stereocenters. The molecule has 0 heterocycles. The van der Waals surface area contributed by atoms with E-state index in [2.05, 4.69) is 241 Å². The summed E-state index contributed by atoms with van der Waals surface area (Å²) < 4.78 is 0. The first-order valence-corrected chi connectivity index (χ1v) is 18.9. The van der Waals surface area contributed by atoms with E-state index in [9.17, 15) is 0 Å². The standard InChI is InChI=1S/C54H39N/c1-4-19-40(20-5-1)44-25-18-26-45(39-44)41-35-37-46(38-36-41)55(53-33-16-14-28-48(53)43-23-8-3-9-24-43)54-34-17-15-32-52(54)51-31-13-12-30-50(51)49-29-11-10-27-47(49)42-21-6-2-7-22-42/h1-39H. The summed E-state index contributed by atoms with van der Waals surface area (Å²) in [5.74, 6) is 0. The van der Waals surface area contributed by atoms with Gasteiger partial charge in [0.15, 0.2) is 0 Å². The third-order valence-corrected chi connectivity index (χ3v) is 10.3. The van der Waals surface area contributed by atoms with E-state index in [-0.39, 0.29) is 0 Å². The lowest BCUT2D eigenvalue weighted by molar-refractivity contribution is 1.28. The molecule has 0 N–H and O–H groups in total. The predicted molar refractivity (Wildman–Crippen MR) is 234 cm³/mol. The van der Waals surface area contributed by atoms with E-state index in [1.54, 1.807) is 0 Å². The number of hydrogen-bond donors (Lipinski definition) is 0. The minimum absolute atomic E-state index is 1.08. The lowest BCUT2D eigenvalue weighted by Crippen LogP contribution is -2.12. The maximum atomic E-state index is 2.43. The first-order valence-electron chi connectivity index (χ1n) is 18.9. The Morgan fingerprint density at radius 3 is 1.11 bits per heavy atom. The van der Waals surface area contributed by atoms with Crippen molar-refractivity contribution in [3.8, 4) is 66.8 Å². The first kappa shape index (κ1) is 33.6. The second-order valence-electron chi connectivity index (χ2n) is 13.7. The van der Waals surface area contributed by atoms with Crippen LogP contribution in [0.25, 0.3) is 66.8 Å². The van der Waals surface area contributed by atoms with Gasteiger partial charge in [-0.25, -0.2) is 0 Å². The lowest BCUT2D eigenvalue weighted by Gasteiger charge is -2.30. The van der Waals surface area contributed by atoms with Crippen molar-refractivity contribution >= 4 is 17.1 Å². The van der Waals surface area contributed by atoms with Gasteiger partial charge in [-0.3, -0.25) is 0 Å². The Labute approximate surface area is 324 Å². The van der Waals surface area contributed by atoms with Gasteiger partial charge in [-0.2, -0.15) is 0 Å². The SMILES string of the molecule is c1ccc(-c2cccc(-c3ccc(N(c4ccccc4-c4ccccc4)c4ccccc4-c4ccccc4-c4ccccc4-c4ccccc4)cc3)c2)cc1. The second kappa shape index (κ2) is 15.4. The number of rotatable bonds is 9. The van der Waals surface area contributed by atoms with Crippen molar-refractivity contribution in [3.05, 3.63) is 237 Å². The van der Waals surface area contributed by atoms with E-state index < -0.39 is 0 Å². The van der Waals surface area contributed by atoms with Gasteiger partial charge in [-0.05, 0) is 86.0 Å². The summed E-state index contributed by atoms with van der Waals surface area (Å²) in [5, 5.41) is 0. The summed E-state index contributed by atoms with van der Waals surface area (Å²) >= 11 is 0. The molecule has 0 aliphatic carbocycles. The van der Waals surface area contributed by atoms with E-state index >= 15 is 0 Å². The molecule has 9 aromatic carbocycles. The molecule has 0 spiro atoms. The Hall–Kier alpha value is -7.22. The zero-order chi connectivity index (χ0) is 36.8. The van der Waals surface area contributed by atoms with Gasteiger partial charge in [0, 0.05) is 16.8 Å². The van der Waals surface area contributed by atoms with Gasteiger partial charge >= 0.3 is 0 Å². The molecule has 0 bridgehead atoms. The normalized spacial score (nSPS) is 10.9. The fourth-order valence-corrected chi connectivity index (χ4v) is 7.69. The maximum absolute atomic E-state index is 2.43. The quantitative estimate of drug-likeness (QED) is 0.145. The predicted octanol–water partition coefficient (Wildman–Crippen LogP) is 15.2. The Kier molecular flexibility index (Phi) is 9.41. The average Bonchev–Trinajstić information content (AvgIpc) is 3.28. The van der Waals surface area contributed by atoms with Gasteiger partial charge in [0.1, 0.15) is 0 Å². The molecule has 260 valence electrons. The Bertz CT molecular complexity index is 2680. The van der Waals surface area contributed by atoms with Crippen LogP contribution < -0.4 is 4.90 Å². The van der Waals surface area contributed by atoms with Gasteiger partial charge in [0.25, 0.3) is 0 Å². The molecular weight excluding hydrogens is 663 g/mol. The van der Waals surface area contributed by atoms with Crippen LogP contribution in [0, 0.1) is 0 Å². The van der Waals surface area contributed by atoms with Crippen LogP contribution >= 0.6 is 0 Å². The highest BCUT2D eigenvalue weighted by Gasteiger charge is 2.22. The van der Waals surface area contributed by atoms with Crippen molar-refractivity contribution in [2.24, 2.45) is 0 Å². The molecule has 55 heavy (non-hydrogen) atoms. The van der Waals surface area contributed by atoms with E-state index in [0.29, 0.717) is 0 Å². The van der Waals surface area contributed by atoms with Gasteiger partial charge in [-0.1, -0.05) is 206 Å². The van der Waals surface area contributed by atoms with E-state index in [1.807, 2.05) is 0 Å². The van der Waals surface area contributed by atoms with Gasteiger partial charge in [0.2, 0.25) is 0 Å². The van der Waals surface area contributed by atoms with Crippen LogP contribution in [-0.2, 0) is 0 Å². The minimum Gasteiger partial charge on any atom is -0.309 e. The number of para-hydroxylation sites is 2. The molecule has 0 unspecified atom stereocenters. The van der Waals surface area contributed by atoms with Crippen molar-refractivity contribution < 1.29 is 0 Å². The van der Waals surface area contributed by atoms with Gasteiger partial charge in [0.05, 0.1) is 11.4 Å². The van der Waals surface area contributed by atoms with Crippen LogP contribution in [0.3, 0.4) is 0 Å². The molecule has 0 amide bonds. The van der Waals surface area contributed by atoms with Crippen LogP contribution in [0.4, 0.5) is 17.1 Å². The van der Waals surface area contributed by atoms with Crippen LogP contribution in [0.5, 0.6) is 0 Å². The van der Waals surface area contributed by atoms with E-state index in [4.69, 9.17) is 0 Å². The Morgan fingerprint density at radius 1 is 0.200 bits per heavy atom. The number of anilines is 3. The number of benzene rings is 9. The summed E-state index contributed by atoms with van der Waals surface area (Å²) in [6, 6.07) is 85.0. The molecule has 0 aliphatic rings. The second-order valence-corrected chi connectivity index (χ2v) is 13.7. The molecule has 9 rings (SSSR count). The fraction of sp³-hybridized carbons (Fsp3) is 0. The first-order chi connectivity index (χ1) is 27.3. The van der Waals surface area contributed by atoms with Crippen molar-refractivity contribution in [2.45, 2.75) is 0 Å². The van der Waals surface area contributed by atoms with Crippen molar-refractivity contribution in [1.29, 1.82) is 0 Å². The molecule has 0 saturated heterocycles. The molecule has 0 radical (unpaired) electrons. The van der Waals surface area contributed by atoms with Crippen LogP contribution in [-0.4, -0.2) is 0 Å². The zero-order valence-corrected chi connectivity index (χ0v) is 30.5. The smallest absolute Gasteiger partial charge is 0.0540 e. The third-order valence-electron chi connectivity index (χ3n) is 10.3. The monoisotopic (exact) mass is 701 g/mol. The summed E-state index contributed by atoms with van der Waals surface area (Å²) in [6.07, 6.45) is 0.